The van der Waals surface area contributed by atoms with Crippen molar-refractivity contribution in [3.8, 4) is 16.9 Å². The van der Waals surface area contributed by atoms with Gasteiger partial charge in [0, 0.05) is 36.4 Å². The third-order valence-corrected chi connectivity index (χ3v) is 4.18. The lowest BCUT2D eigenvalue weighted by Crippen LogP contribution is -2.34. The Labute approximate surface area is 142 Å². The molecular weight excluding hydrogens is 302 g/mol. The highest BCUT2D eigenvalue weighted by atomic mass is 16.5. The second-order valence-corrected chi connectivity index (χ2v) is 6.60. The van der Waals surface area contributed by atoms with Gasteiger partial charge in [-0.25, -0.2) is 9.97 Å². The number of rotatable bonds is 6. The maximum atomic E-state index is 11.9. The summed E-state index contributed by atoms with van der Waals surface area (Å²) in [6, 6.07) is 6.11. The van der Waals surface area contributed by atoms with Crippen LogP contribution in [0.5, 0.6) is 5.75 Å². The molecule has 2 aromatic rings. The van der Waals surface area contributed by atoms with Gasteiger partial charge in [0.2, 0.25) is 5.91 Å². The third kappa shape index (κ3) is 3.91. The second kappa shape index (κ2) is 7.43. The first-order valence-electron chi connectivity index (χ1n) is 8.44. The molecule has 0 saturated heterocycles. The first kappa shape index (κ1) is 16.4. The maximum absolute atomic E-state index is 11.9. The molecule has 1 aliphatic rings. The molecule has 0 bridgehead atoms. The summed E-state index contributed by atoms with van der Waals surface area (Å²) in [4.78, 5) is 20.0. The molecule has 0 saturated carbocycles. The minimum Gasteiger partial charge on any atom is -0.487 e. The largest absolute Gasteiger partial charge is 0.487 e. The van der Waals surface area contributed by atoms with E-state index >= 15 is 0 Å². The van der Waals surface area contributed by atoms with Gasteiger partial charge < -0.3 is 10.1 Å². The number of benzene rings is 1. The van der Waals surface area contributed by atoms with Gasteiger partial charge in [-0.2, -0.15) is 0 Å². The van der Waals surface area contributed by atoms with Crippen LogP contribution in [0.1, 0.15) is 32.3 Å². The second-order valence-electron chi connectivity index (χ2n) is 6.60. The number of carbonyl (C=O) groups is 1. The van der Waals surface area contributed by atoms with Crippen LogP contribution in [-0.2, 0) is 11.2 Å². The third-order valence-electron chi connectivity index (χ3n) is 4.18. The zero-order chi connectivity index (χ0) is 16.9. The Balaban J connectivity index is 1.62. The van der Waals surface area contributed by atoms with E-state index < -0.39 is 0 Å². The van der Waals surface area contributed by atoms with Gasteiger partial charge in [-0.3, -0.25) is 4.79 Å². The molecule has 5 heteroatoms. The fourth-order valence-electron chi connectivity index (χ4n) is 2.85. The zero-order valence-corrected chi connectivity index (χ0v) is 14.2. The molecule has 0 unspecified atom stereocenters. The molecule has 2 heterocycles. The maximum Gasteiger partial charge on any atom is 0.220 e. The van der Waals surface area contributed by atoms with Crippen molar-refractivity contribution in [1.29, 1.82) is 0 Å². The van der Waals surface area contributed by atoms with Crippen molar-refractivity contribution >= 4 is 5.91 Å². The lowest BCUT2D eigenvalue weighted by molar-refractivity contribution is -0.121. The minimum absolute atomic E-state index is 0.0196. The van der Waals surface area contributed by atoms with E-state index in [9.17, 15) is 4.79 Å². The van der Waals surface area contributed by atoms with E-state index in [1.54, 1.807) is 12.4 Å². The highest BCUT2D eigenvalue weighted by Gasteiger charge is 2.26. The van der Waals surface area contributed by atoms with Crippen molar-refractivity contribution in [1.82, 2.24) is 15.3 Å². The molecule has 0 aliphatic carbocycles. The number of ether oxygens (including phenoxy) is 1. The Morgan fingerprint density at radius 2 is 2.12 bits per heavy atom. The van der Waals surface area contributed by atoms with E-state index in [0.29, 0.717) is 18.9 Å². The number of aromatic nitrogens is 2. The fraction of sp³-hybridized carbons (Fsp3) is 0.421. The van der Waals surface area contributed by atoms with Crippen LogP contribution in [0.3, 0.4) is 0 Å². The van der Waals surface area contributed by atoms with Crippen LogP contribution >= 0.6 is 0 Å². The first-order valence-corrected chi connectivity index (χ1v) is 8.44. The molecule has 1 amide bonds. The monoisotopic (exact) mass is 325 g/mol. The zero-order valence-electron chi connectivity index (χ0n) is 14.2. The lowest BCUT2D eigenvalue weighted by Gasteiger charge is -2.13. The summed E-state index contributed by atoms with van der Waals surface area (Å²) in [5.74, 6) is 1.52. The SMILES string of the molecule is CC(C)CCC(=O)NC[C@H]1Cc2cccc(-c3cncnc3)c2O1. The smallest absolute Gasteiger partial charge is 0.220 e. The normalized spacial score (nSPS) is 15.9. The van der Waals surface area contributed by atoms with Gasteiger partial charge >= 0.3 is 0 Å². The summed E-state index contributed by atoms with van der Waals surface area (Å²) >= 11 is 0. The van der Waals surface area contributed by atoms with E-state index in [4.69, 9.17) is 4.74 Å². The quantitative estimate of drug-likeness (QED) is 0.887. The van der Waals surface area contributed by atoms with Gasteiger partial charge in [0.15, 0.2) is 0 Å². The van der Waals surface area contributed by atoms with Crippen LogP contribution in [0, 0.1) is 5.92 Å². The predicted octanol–water partition coefficient (Wildman–Crippen LogP) is 3.00. The van der Waals surface area contributed by atoms with E-state index in [-0.39, 0.29) is 12.0 Å². The van der Waals surface area contributed by atoms with Gasteiger partial charge in [0.25, 0.3) is 0 Å². The van der Waals surface area contributed by atoms with Gasteiger partial charge in [0.05, 0.1) is 6.54 Å². The van der Waals surface area contributed by atoms with Crippen LogP contribution in [0.4, 0.5) is 0 Å². The van der Waals surface area contributed by atoms with E-state index in [1.807, 2.05) is 12.1 Å². The molecule has 1 aromatic heterocycles. The predicted molar refractivity (Wildman–Crippen MR) is 92.7 cm³/mol. The fourth-order valence-corrected chi connectivity index (χ4v) is 2.85. The number of nitrogens with zero attached hydrogens (tertiary/aromatic N) is 2. The number of hydrogen-bond acceptors (Lipinski definition) is 4. The van der Waals surface area contributed by atoms with Crippen molar-refractivity contribution in [3.63, 3.8) is 0 Å². The Morgan fingerprint density at radius 3 is 2.88 bits per heavy atom. The van der Waals surface area contributed by atoms with Crippen LogP contribution < -0.4 is 10.1 Å². The van der Waals surface area contributed by atoms with Gasteiger partial charge in [-0.1, -0.05) is 32.0 Å². The molecule has 0 radical (unpaired) electrons. The summed E-state index contributed by atoms with van der Waals surface area (Å²) in [6.07, 6.45) is 7.36. The van der Waals surface area contributed by atoms with E-state index in [2.05, 4.69) is 35.2 Å². The average Bonchev–Trinajstić information content (AvgIpc) is 3.02. The summed E-state index contributed by atoms with van der Waals surface area (Å²) in [6.45, 7) is 4.79. The van der Waals surface area contributed by atoms with Crippen molar-refractivity contribution in [2.75, 3.05) is 6.54 Å². The Kier molecular flexibility index (Phi) is 5.08. The standard InChI is InChI=1S/C19H23N3O2/c1-13(2)6-7-18(23)22-11-16-8-14-4-3-5-17(19(14)24-16)15-9-20-12-21-10-15/h3-5,9-10,12-13,16H,6-8,11H2,1-2H3,(H,22,23)/t16-/m1/s1. The van der Waals surface area contributed by atoms with Crippen LogP contribution in [0.2, 0.25) is 0 Å². The Morgan fingerprint density at radius 1 is 1.33 bits per heavy atom. The minimum atomic E-state index is -0.0196. The molecule has 1 aromatic carbocycles. The molecule has 5 nitrogen and oxygen atoms in total. The molecule has 1 aliphatic heterocycles. The highest BCUT2D eigenvalue weighted by molar-refractivity contribution is 5.76. The average molecular weight is 325 g/mol. The number of nitrogens with one attached hydrogen (secondary N) is 1. The van der Waals surface area contributed by atoms with E-state index in [0.717, 1.165) is 35.3 Å². The van der Waals surface area contributed by atoms with Gasteiger partial charge in [-0.05, 0) is 17.9 Å². The van der Waals surface area contributed by atoms with Crippen LogP contribution in [0.15, 0.2) is 36.9 Å². The summed E-state index contributed by atoms with van der Waals surface area (Å²) in [5, 5.41) is 2.99. The summed E-state index contributed by atoms with van der Waals surface area (Å²) in [5.41, 5.74) is 3.11. The number of para-hydroxylation sites is 1. The van der Waals surface area contributed by atoms with Crippen molar-refractivity contribution in [2.24, 2.45) is 5.92 Å². The molecular formula is C19H23N3O2. The topological polar surface area (TPSA) is 64.1 Å². The van der Waals surface area contributed by atoms with Gasteiger partial charge in [0.1, 0.15) is 18.2 Å². The number of amides is 1. The summed E-state index contributed by atoms with van der Waals surface area (Å²) < 4.78 is 6.10. The Bertz CT molecular complexity index is 701. The molecule has 0 fully saturated rings. The van der Waals surface area contributed by atoms with Gasteiger partial charge in [-0.15, -0.1) is 0 Å². The first-order chi connectivity index (χ1) is 11.6. The molecule has 3 rings (SSSR count). The highest BCUT2D eigenvalue weighted by Crippen LogP contribution is 2.38. The number of fused-ring (bicyclic) bond motifs is 1. The van der Waals surface area contributed by atoms with Crippen LogP contribution in [-0.4, -0.2) is 28.5 Å². The number of hydrogen-bond donors (Lipinski definition) is 1. The lowest BCUT2D eigenvalue weighted by atomic mass is 10.0. The molecule has 0 spiro atoms. The van der Waals surface area contributed by atoms with E-state index in [1.165, 1.54) is 6.33 Å². The molecule has 24 heavy (non-hydrogen) atoms. The number of carbonyl (C=O) groups excluding carboxylic acids is 1. The molecule has 1 atom stereocenters. The van der Waals surface area contributed by atoms with Crippen molar-refractivity contribution in [3.05, 3.63) is 42.5 Å². The van der Waals surface area contributed by atoms with Crippen molar-refractivity contribution in [2.45, 2.75) is 39.2 Å². The Hall–Kier alpha value is -2.43. The molecule has 126 valence electrons. The molecule has 1 N–H and O–H groups in total. The van der Waals surface area contributed by atoms with Crippen molar-refractivity contribution < 1.29 is 9.53 Å². The van der Waals surface area contributed by atoms with Crippen LogP contribution in [0.25, 0.3) is 11.1 Å². The summed E-state index contributed by atoms with van der Waals surface area (Å²) in [7, 11) is 0.